The lowest BCUT2D eigenvalue weighted by Gasteiger charge is -2.19. The van der Waals surface area contributed by atoms with E-state index >= 15 is 0 Å². The van der Waals surface area contributed by atoms with Gasteiger partial charge in [-0.25, -0.2) is 0 Å². The Bertz CT molecular complexity index is 810. The number of carbonyl (C=O) groups is 4. The zero-order valence-electron chi connectivity index (χ0n) is 14.0. The molecule has 1 aliphatic rings. The van der Waals surface area contributed by atoms with E-state index in [0.29, 0.717) is 9.23 Å². The van der Waals surface area contributed by atoms with E-state index in [-0.39, 0.29) is 18.9 Å². The fraction of sp³-hybridized carbons (Fsp3) is 0.235. The van der Waals surface area contributed by atoms with Gasteiger partial charge in [0.05, 0.1) is 23.3 Å². The Morgan fingerprint density at radius 1 is 1.30 bits per heavy atom. The number of nitrogens with zero attached hydrogens (tertiary/aromatic N) is 1. The van der Waals surface area contributed by atoms with Gasteiger partial charge in [-0.2, -0.15) is 0 Å². The Hall–Kier alpha value is -2.72. The quantitative estimate of drug-likeness (QED) is 0.435. The van der Waals surface area contributed by atoms with Crippen LogP contribution in [-0.2, 0) is 19.2 Å². The highest BCUT2D eigenvalue weighted by Crippen LogP contribution is 2.32. The number of thiocarbonyl (C=S) groups is 1. The minimum Gasteiger partial charge on any atom is -0.548 e. The molecule has 0 aromatic heterocycles. The first-order valence-electron chi connectivity index (χ1n) is 7.87. The minimum absolute atomic E-state index is 0.0149. The molecule has 0 aliphatic carbocycles. The van der Waals surface area contributed by atoms with E-state index in [0.717, 1.165) is 17.3 Å². The second-order valence-corrected chi connectivity index (χ2v) is 7.28. The van der Waals surface area contributed by atoms with Crippen LogP contribution in [0.3, 0.4) is 0 Å². The lowest BCUT2D eigenvalue weighted by atomic mass is 10.2. The normalized spacial score (nSPS) is 16.4. The van der Waals surface area contributed by atoms with Gasteiger partial charge in [0, 0.05) is 13.0 Å². The van der Waals surface area contributed by atoms with Crippen molar-refractivity contribution in [2.45, 2.75) is 18.9 Å². The van der Waals surface area contributed by atoms with Crippen LogP contribution >= 0.6 is 24.0 Å². The fourth-order valence-corrected chi connectivity index (χ4v) is 3.58. The van der Waals surface area contributed by atoms with Gasteiger partial charge in [0.15, 0.2) is 0 Å². The topological polar surface area (TPSA) is 133 Å². The van der Waals surface area contributed by atoms with Crippen molar-refractivity contribution >= 4 is 58.1 Å². The average molecular weight is 406 g/mol. The van der Waals surface area contributed by atoms with Gasteiger partial charge < -0.3 is 21.0 Å². The van der Waals surface area contributed by atoms with E-state index in [1.807, 2.05) is 30.3 Å². The zero-order valence-corrected chi connectivity index (χ0v) is 15.7. The third kappa shape index (κ3) is 5.90. The highest BCUT2D eigenvalue weighted by molar-refractivity contribution is 8.26. The molecular formula is C17H16N3O5S2-. The second-order valence-electron chi connectivity index (χ2n) is 5.60. The second kappa shape index (κ2) is 9.28. The number of amides is 3. The predicted octanol–water partition coefficient (Wildman–Crippen LogP) is -0.612. The molecule has 1 heterocycles. The highest BCUT2D eigenvalue weighted by atomic mass is 32.2. The number of benzene rings is 1. The van der Waals surface area contributed by atoms with Crippen LogP contribution in [0.5, 0.6) is 0 Å². The first kappa shape index (κ1) is 20.6. The molecule has 1 aromatic carbocycles. The van der Waals surface area contributed by atoms with Crippen LogP contribution in [0.15, 0.2) is 35.2 Å². The van der Waals surface area contributed by atoms with Crippen molar-refractivity contribution in [2.75, 3.05) is 6.54 Å². The van der Waals surface area contributed by atoms with E-state index in [1.165, 1.54) is 4.90 Å². The van der Waals surface area contributed by atoms with Crippen LogP contribution in [-0.4, -0.2) is 45.5 Å². The lowest BCUT2D eigenvalue weighted by Crippen LogP contribution is -2.50. The number of aliphatic carboxylic acids is 1. The van der Waals surface area contributed by atoms with Crippen molar-refractivity contribution in [1.29, 1.82) is 0 Å². The van der Waals surface area contributed by atoms with Gasteiger partial charge in [0.2, 0.25) is 11.8 Å². The van der Waals surface area contributed by atoms with Gasteiger partial charge in [-0.05, 0) is 11.6 Å². The molecule has 3 N–H and O–H groups in total. The molecule has 3 amide bonds. The molecule has 1 aromatic rings. The van der Waals surface area contributed by atoms with Crippen molar-refractivity contribution in [2.24, 2.45) is 5.73 Å². The van der Waals surface area contributed by atoms with E-state index in [9.17, 15) is 24.3 Å². The smallest absolute Gasteiger partial charge is 0.266 e. The summed E-state index contributed by atoms with van der Waals surface area (Å²) >= 11 is 6.31. The van der Waals surface area contributed by atoms with Crippen LogP contribution in [0.4, 0.5) is 0 Å². The number of primary amides is 1. The Morgan fingerprint density at radius 3 is 2.56 bits per heavy atom. The number of nitrogens with two attached hydrogens (primary N) is 1. The SMILES string of the molecule is NC(=O)C[C@H](NC(=O)CCN1C(=O)/C(=C\c2ccccc2)SC1=S)C(=O)[O-]. The summed E-state index contributed by atoms with van der Waals surface area (Å²) in [6.07, 6.45) is 0.945. The van der Waals surface area contributed by atoms with Crippen LogP contribution < -0.4 is 16.2 Å². The molecule has 142 valence electrons. The van der Waals surface area contributed by atoms with Gasteiger partial charge in [0.25, 0.3) is 5.91 Å². The summed E-state index contributed by atoms with van der Waals surface area (Å²) in [5.74, 6) is -3.48. The van der Waals surface area contributed by atoms with Gasteiger partial charge in [-0.1, -0.05) is 54.3 Å². The van der Waals surface area contributed by atoms with Crippen molar-refractivity contribution < 1.29 is 24.3 Å². The monoisotopic (exact) mass is 406 g/mol. The van der Waals surface area contributed by atoms with Gasteiger partial charge in [0.1, 0.15) is 4.32 Å². The number of carboxylic acids is 1. The minimum atomic E-state index is -1.61. The van der Waals surface area contributed by atoms with Gasteiger partial charge in [-0.15, -0.1) is 0 Å². The number of thioether (sulfide) groups is 1. The molecule has 0 unspecified atom stereocenters. The Morgan fingerprint density at radius 2 is 1.96 bits per heavy atom. The number of rotatable bonds is 8. The standard InChI is InChI=1S/C17H17N3O5S2/c18-13(21)9-11(16(24)25)19-14(22)6-7-20-15(23)12(27-17(20)26)8-10-4-2-1-3-5-10/h1-5,8,11H,6-7,9H2,(H2,18,21)(H,19,22)(H,24,25)/p-1/b12-8+/t11-/m0/s1. The Kier molecular flexibility index (Phi) is 7.08. The first-order valence-corrected chi connectivity index (χ1v) is 9.09. The highest BCUT2D eigenvalue weighted by Gasteiger charge is 2.32. The van der Waals surface area contributed by atoms with Crippen molar-refractivity contribution in [3.8, 4) is 0 Å². The molecule has 27 heavy (non-hydrogen) atoms. The van der Waals surface area contributed by atoms with Gasteiger partial charge >= 0.3 is 0 Å². The van der Waals surface area contributed by atoms with E-state index < -0.39 is 30.2 Å². The number of carboxylic acid groups (broad SMARTS) is 1. The van der Waals surface area contributed by atoms with Crippen molar-refractivity contribution in [1.82, 2.24) is 10.2 Å². The molecule has 10 heteroatoms. The molecule has 1 atom stereocenters. The summed E-state index contributed by atoms with van der Waals surface area (Å²) in [5, 5.41) is 13.1. The summed E-state index contributed by atoms with van der Waals surface area (Å²) in [5.41, 5.74) is 5.78. The third-order valence-electron chi connectivity index (χ3n) is 3.56. The molecular weight excluding hydrogens is 390 g/mol. The maximum Gasteiger partial charge on any atom is 0.266 e. The maximum atomic E-state index is 12.5. The summed E-state index contributed by atoms with van der Waals surface area (Å²) in [6.45, 7) is -0.0149. The summed E-state index contributed by atoms with van der Waals surface area (Å²) in [6, 6.07) is 7.73. The molecule has 0 radical (unpaired) electrons. The first-order chi connectivity index (χ1) is 12.8. The van der Waals surface area contributed by atoms with Crippen LogP contribution in [0.1, 0.15) is 18.4 Å². The molecule has 1 saturated heterocycles. The Balaban J connectivity index is 1.95. The van der Waals surface area contributed by atoms with Crippen LogP contribution in [0.2, 0.25) is 0 Å². The predicted molar refractivity (Wildman–Crippen MR) is 102 cm³/mol. The molecule has 0 saturated carbocycles. The van der Waals surface area contributed by atoms with E-state index in [2.05, 4.69) is 5.32 Å². The average Bonchev–Trinajstić information content (AvgIpc) is 2.86. The molecule has 0 bridgehead atoms. The van der Waals surface area contributed by atoms with Gasteiger partial charge in [-0.3, -0.25) is 19.3 Å². The summed E-state index contributed by atoms with van der Waals surface area (Å²) in [7, 11) is 0. The third-order valence-corrected chi connectivity index (χ3v) is 4.94. The number of hydrogen-bond donors (Lipinski definition) is 2. The number of hydrogen-bond acceptors (Lipinski definition) is 7. The van der Waals surface area contributed by atoms with E-state index in [4.69, 9.17) is 18.0 Å². The largest absolute Gasteiger partial charge is 0.548 e. The van der Waals surface area contributed by atoms with Crippen molar-refractivity contribution in [3.63, 3.8) is 0 Å². The lowest BCUT2D eigenvalue weighted by molar-refractivity contribution is -0.308. The Labute approximate surface area is 164 Å². The zero-order chi connectivity index (χ0) is 20.0. The van der Waals surface area contributed by atoms with Crippen LogP contribution in [0, 0.1) is 0 Å². The van der Waals surface area contributed by atoms with Crippen LogP contribution in [0.25, 0.3) is 6.08 Å². The molecule has 1 fully saturated rings. The molecule has 2 rings (SSSR count). The summed E-state index contributed by atoms with van der Waals surface area (Å²) in [4.78, 5) is 47.9. The molecule has 8 nitrogen and oxygen atoms in total. The summed E-state index contributed by atoms with van der Waals surface area (Å²) < 4.78 is 0.309. The number of nitrogens with one attached hydrogen (secondary N) is 1. The van der Waals surface area contributed by atoms with Crippen molar-refractivity contribution in [3.05, 3.63) is 40.8 Å². The maximum absolute atomic E-state index is 12.5. The molecule has 1 aliphatic heterocycles. The molecule has 0 spiro atoms. The van der Waals surface area contributed by atoms with E-state index in [1.54, 1.807) is 6.08 Å². The fourth-order valence-electron chi connectivity index (χ4n) is 2.27. The number of carbonyl (C=O) groups excluding carboxylic acids is 4.